The second kappa shape index (κ2) is 6.16. The predicted octanol–water partition coefficient (Wildman–Crippen LogP) is 4.31. The first-order chi connectivity index (χ1) is 9.70. The maximum Gasteiger partial charge on any atom is 0.250 e. The molecule has 2 aromatic rings. The molecule has 1 aromatic carbocycles. The highest BCUT2D eigenvalue weighted by Crippen LogP contribution is 2.31. The maximum atomic E-state index is 13.6. The summed E-state index contributed by atoms with van der Waals surface area (Å²) in [6.45, 7) is 5.19. The molecule has 0 radical (unpaired) electrons. The van der Waals surface area contributed by atoms with Crippen LogP contribution in [-0.2, 0) is 10.0 Å². The van der Waals surface area contributed by atoms with E-state index >= 15 is 0 Å². The minimum absolute atomic E-state index is 0.242. The minimum atomic E-state index is -3.62. The number of thiophene rings is 1. The first kappa shape index (κ1) is 16.6. The zero-order chi connectivity index (χ0) is 15.8. The first-order valence-electron chi connectivity index (χ1n) is 6.25. The van der Waals surface area contributed by atoms with Crippen LogP contribution in [0.1, 0.15) is 29.7 Å². The fourth-order valence-electron chi connectivity index (χ4n) is 1.80. The van der Waals surface area contributed by atoms with Crippen molar-refractivity contribution in [2.24, 2.45) is 0 Å². The van der Waals surface area contributed by atoms with E-state index in [1.54, 1.807) is 32.0 Å². The summed E-state index contributed by atoms with van der Waals surface area (Å²) in [5.41, 5.74) is 2.00. The van der Waals surface area contributed by atoms with E-state index in [0.29, 0.717) is 11.1 Å². The molecule has 0 saturated carbocycles. The molecule has 0 aliphatic carbocycles. The van der Waals surface area contributed by atoms with Crippen molar-refractivity contribution in [2.75, 3.05) is 0 Å². The number of sulfonamides is 1. The van der Waals surface area contributed by atoms with E-state index in [-0.39, 0.29) is 10.0 Å². The molecule has 0 aliphatic rings. The van der Waals surface area contributed by atoms with Crippen LogP contribution in [0.2, 0.25) is 0 Å². The van der Waals surface area contributed by atoms with E-state index in [2.05, 4.69) is 20.7 Å². The number of nitrogens with one attached hydrogen (secondary N) is 1. The van der Waals surface area contributed by atoms with Gasteiger partial charge in [0.25, 0.3) is 10.0 Å². The smallest absolute Gasteiger partial charge is 0.207 e. The van der Waals surface area contributed by atoms with E-state index in [0.717, 1.165) is 20.7 Å². The van der Waals surface area contributed by atoms with Crippen molar-refractivity contribution in [1.82, 2.24) is 4.72 Å². The highest BCUT2D eigenvalue weighted by Gasteiger charge is 2.21. The van der Waals surface area contributed by atoms with E-state index in [4.69, 9.17) is 0 Å². The van der Waals surface area contributed by atoms with E-state index < -0.39 is 16.1 Å². The van der Waals surface area contributed by atoms with Crippen molar-refractivity contribution in [1.29, 1.82) is 0 Å². The zero-order valence-corrected chi connectivity index (χ0v) is 15.0. The number of hydrogen-bond acceptors (Lipinski definition) is 3. The van der Waals surface area contributed by atoms with Crippen molar-refractivity contribution in [3.63, 3.8) is 0 Å². The summed E-state index contributed by atoms with van der Waals surface area (Å²) >= 11 is 4.47. The first-order valence-corrected chi connectivity index (χ1v) is 9.34. The van der Waals surface area contributed by atoms with Crippen LogP contribution in [0.3, 0.4) is 0 Å². The van der Waals surface area contributed by atoms with Crippen molar-refractivity contribution < 1.29 is 12.8 Å². The van der Waals surface area contributed by atoms with Crippen LogP contribution in [-0.4, -0.2) is 8.42 Å². The molecular formula is C14H15BrFNO2S2. The van der Waals surface area contributed by atoms with E-state index in [1.807, 2.05) is 6.92 Å². The molecule has 1 unspecified atom stereocenters. The lowest BCUT2D eigenvalue weighted by Gasteiger charge is -2.14. The molecule has 114 valence electrons. The lowest BCUT2D eigenvalue weighted by atomic mass is 10.1. The molecule has 1 N–H and O–H groups in total. The molecule has 3 nitrogen and oxygen atoms in total. The third kappa shape index (κ3) is 3.71. The SMILES string of the molecule is Cc1ccc(C(C)NS(=O)(=O)c2cc(C)c(Br)s2)cc1F. The Labute approximate surface area is 136 Å². The third-order valence-corrected chi connectivity index (χ3v) is 7.28. The van der Waals surface area contributed by atoms with Crippen LogP contribution in [0.25, 0.3) is 0 Å². The van der Waals surface area contributed by atoms with Crippen LogP contribution < -0.4 is 4.72 Å². The van der Waals surface area contributed by atoms with Crippen LogP contribution >= 0.6 is 27.3 Å². The van der Waals surface area contributed by atoms with Crippen LogP contribution in [0, 0.1) is 19.7 Å². The van der Waals surface area contributed by atoms with Gasteiger partial charge in [0, 0.05) is 6.04 Å². The maximum absolute atomic E-state index is 13.6. The normalized spacial score (nSPS) is 13.4. The summed E-state index contributed by atoms with van der Waals surface area (Å²) in [6.07, 6.45) is 0. The van der Waals surface area contributed by atoms with E-state index in [9.17, 15) is 12.8 Å². The molecule has 21 heavy (non-hydrogen) atoms. The number of rotatable bonds is 4. The average molecular weight is 392 g/mol. The van der Waals surface area contributed by atoms with Crippen LogP contribution in [0.5, 0.6) is 0 Å². The standard InChI is InChI=1S/C14H15BrFNO2S2/c1-8-4-5-11(7-12(8)16)10(3)17-21(18,19)13-6-9(2)14(15)20-13/h4-7,10,17H,1-3H3. The van der Waals surface area contributed by atoms with Gasteiger partial charge in [-0.05, 0) is 65.5 Å². The van der Waals surface area contributed by atoms with Gasteiger partial charge >= 0.3 is 0 Å². The Morgan fingerprint density at radius 3 is 2.43 bits per heavy atom. The van der Waals surface area contributed by atoms with Crippen LogP contribution in [0.15, 0.2) is 32.3 Å². The summed E-state index contributed by atoms with van der Waals surface area (Å²) in [6, 6.07) is 5.83. The fraction of sp³-hybridized carbons (Fsp3) is 0.286. The van der Waals surface area contributed by atoms with Crippen molar-refractivity contribution in [3.05, 3.63) is 50.6 Å². The molecule has 0 bridgehead atoms. The lowest BCUT2D eigenvalue weighted by Crippen LogP contribution is -2.26. The number of aryl methyl sites for hydroxylation is 2. The number of benzene rings is 1. The summed E-state index contributed by atoms with van der Waals surface area (Å²) in [7, 11) is -3.62. The Morgan fingerprint density at radius 2 is 1.90 bits per heavy atom. The highest BCUT2D eigenvalue weighted by atomic mass is 79.9. The molecule has 0 aliphatic heterocycles. The van der Waals surface area contributed by atoms with Gasteiger partial charge in [0.2, 0.25) is 0 Å². The van der Waals surface area contributed by atoms with Gasteiger partial charge in [-0.25, -0.2) is 17.5 Å². The van der Waals surface area contributed by atoms with Crippen molar-refractivity contribution >= 4 is 37.3 Å². The predicted molar refractivity (Wildman–Crippen MR) is 86.6 cm³/mol. The summed E-state index contributed by atoms with van der Waals surface area (Å²) in [5.74, 6) is -0.340. The molecule has 1 atom stereocenters. The summed E-state index contributed by atoms with van der Waals surface area (Å²) < 4.78 is 41.8. The van der Waals surface area contributed by atoms with E-state index in [1.165, 1.54) is 6.07 Å². The third-order valence-electron chi connectivity index (χ3n) is 3.13. The van der Waals surface area contributed by atoms with Gasteiger partial charge in [-0.15, -0.1) is 11.3 Å². The quantitative estimate of drug-likeness (QED) is 0.843. The van der Waals surface area contributed by atoms with Gasteiger partial charge in [-0.2, -0.15) is 0 Å². The fourth-order valence-corrected chi connectivity index (χ4v) is 5.28. The molecule has 2 rings (SSSR count). The van der Waals surface area contributed by atoms with Gasteiger partial charge in [-0.3, -0.25) is 0 Å². The average Bonchev–Trinajstić information content (AvgIpc) is 2.73. The molecule has 0 amide bonds. The van der Waals surface area contributed by atoms with Gasteiger partial charge in [0.05, 0.1) is 3.79 Å². The second-order valence-electron chi connectivity index (χ2n) is 4.87. The molecule has 1 heterocycles. The Kier molecular flexibility index (Phi) is 4.87. The van der Waals surface area contributed by atoms with Crippen molar-refractivity contribution in [3.8, 4) is 0 Å². The number of hydrogen-bond donors (Lipinski definition) is 1. The lowest BCUT2D eigenvalue weighted by molar-refractivity contribution is 0.566. The topological polar surface area (TPSA) is 46.2 Å². The van der Waals surface area contributed by atoms with Crippen LogP contribution in [0.4, 0.5) is 4.39 Å². The monoisotopic (exact) mass is 391 g/mol. The minimum Gasteiger partial charge on any atom is -0.207 e. The molecular weight excluding hydrogens is 377 g/mol. The molecule has 1 aromatic heterocycles. The second-order valence-corrected chi connectivity index (χ2v) is 9.18. The Bertz CT molecular complexity index is 752. The zero-order valence-electron chi connectivity index (χ0n) is 11.8. The molecule has 0 spiro atoms. The Balaban J connectivity index is 2.25. The van der Waals surface area contributed by atoms with Gasteiger partial charge < -0.3 is 0 Å². The molecule has 7 heteroatoms. The number of halogens is 2. The molecule has 0 fully saturated rings. The Hall–Kier alpha value is -0.760. The Morgan fingerprint density at radius 1 is 1.24 bits per heavy atom. The van der Waals surface area contributed by atoms with Crippen molar-refractivity contribution in [2.45, 2.75) is 31.0 Å². The largest absolute Gasteiger partial charge is 0.250 e. The summed E-state index contributed by atoms with van der Waals surface area (Å²) in [4.78, 5) is 0. The summed E-state index contributed by atoms with van der Waals surface area (Å²) in [5, 5.41) is 0. The molecule has 0 saturated heterocycles. The van der Waals surface area contributed by atoms with Gasteiger partial charge in [-0.1, -0.05) is 12.1 Å². The highest BCUT2D eigenvalue weighted by molar-refractivity contribution is 9.11. The van der Waals surface area contributed by atoms with Gasteiger partial charge in [0.15, 0.2) is 0 Å². The van der Waals surface area contributed by atoms with Gasteiger partial charge in [0.1, 0.15) is 10.0 Å².